The SMILES string of the molecule is CCOc1ccc(NC(=O)C[C@H]2C(=O)N(c3ccc(Cl)cc3)C(=S)N2CCCN2CCN(c3ccc(F)cc3)CC2)cc1. The van der Waals surface area contributed by atoms with Crippen LogP contribution in [0.25, 0.3) is 0 Å². The van der Waals surface area contributed by atoms with Gasteiger partial charge in [-0.15, -0.1) is 0 Å². The topological polar surface area (TPSA) is 68.4 Å². The second kappa shape index (κ2) is 14.2. The highest BCUT2D eigenvalue weighted by Crippen LogP contribution is 2.29. The highest BCUT2D eigenvalue weighted by atomic mass is 35.5. The van der Waals surface area contributed by atoms with Crippen molar-refractivity contribution in [2.24, 2.45) is 0 Å². The van der Waals surface area contributed by atoms with Gasteiger partial charge < -0.3 is 19.9 Å². The van der Waals surface area contributed by atoms with Crippen molar-refractivity contribution in [2.75, 3.05) is 61.0 Å². The van der Waals surface area contributed by atoms with Crippen molar-refractivity contribution in [3.05, 3.63) is 83.6 Å². The third-order valence-corrected chi connectivity index (χ3v) is 8.34. The Morgan fingerprint density at radius 3 is 2.26 bits per heavy atom. The van der Waals surface area contributed by atoms with Crippen LogP contribution in [0.1, 0.15) is 19.8 Å². The van der Waals surface area contributed by atoms with Crippen LogP contribution >= 0.6 is 23.8 Å². The Hall–Kier alpha value is -3.73. The Morgan fingerprint density at radius 1 is 0.953 bits per heavy atom. The number of ether oxygens (including phenoxy) is 1. The van der Waals surface area contributed by atoms with Crippen LogP contribution in [-0.4, -0.2) is 78.6 Å². The normalized spacial score (nSPS) is 17.5. The van der Waals surface area contributed by atoms with Crippen LogP contribution in [-0.2, 0) is 9.59 Å². The number of halogens is 2. The number of carbonyl (C=O) groups is 2. The summed E-state index contributed by atoms with van der Waals surface area (Å²) in [6.45, 7) is 7.30. The van der Waals surface area contributed by atoms with E-state index in [1.54, 1.807) is 48.5 Å². The van der Waals surface area contributed by atoms with Gasteiger partial charge in [-0.3, -0.25) is 19.4 Å². The average molecular weight is 624 g/mol. The van der Waals surface area contributed by atoms with Gasteiger partial charge in [0.2, 0.25) is 5.91 Å². The summed E-state index contributed by atoms with van der Waals surface area (Å²) in [4.78, 5) is 34.8. The van der Waals surface area contributed by atoms with E-state index in [9.17, 15) is 14.0 Å². The van der Waals surface area contributed by atoms with Gasteiger partial charge in [0.25, 0.3) is 5.91 Å². The summed E-state index contributed by atoms with van der Waals surface area (Å²) in [6, 6.07) is 20.0. The molecule has 1 atom stereocenters. The predicted octanol–water partition coefficient (Wildman–Crippen LogP) is 5.42. The first-order valence-corrected chi connectivity index (χ1v) is 15.3. The molecule has 2 fully saturated rings. The van der Waals surface area contributed by atoms with Gasteiger partial charge in [-0.2, -0.15) is 0 Å². The van der Waals surface area contributed by atoms with Crippen LogP contribution in [0.15, 0.2) is 72.8 Å². The molecule has 2 aliphatic heterocycles. The minimum atomic E-state index is -0.721. The molecule has 2 heterocycles. The molecule has 5 rings (SSSR count). The lowest BCUT2D eigenvalue weighted by Gasteiger charge is -2.36. The lowest BCUT2D eigenvalue weighted by Crippen LogP contribution is -2.47. The van der Waals surface area contributed by atoms with Gasteiger partial charge in [-0.25, -0.2) is 4.39 Å². The zero-order valence-electron chi connectivity index (χ0n) is 24.0. The number of piperazine rings is 1. The molecule has 0 bridgehead atoms. The molecule has 2 saturated heterocycles. The molecule has 226 valence electrons. The number of rotatable bonds is 11. The lowest BCUT2D eigenvalue weighted by atomic mass is 10.1. The maximum Gasteiger partial charge on any atom is 0.256 e. The van der Waals surface area contributed by atoms with Crippen LogP contribution in [0.2, 0.25) is 5.02 Å². The Bertz CT molecular complexity index is 1420. The Kier molecular flexibility index (Phi) is 10.1. The number of nitrogens with zero attached hydrogens (tertiary/aromatic N) is 4. The molecule has 2 amide bonds. The third kappa shape index (κ3) is 7.62. The van der Waals surface area contributed by atoms with Gasteiger partial charge in [-0.1, -0.05) is 11.6 Å². The lowest BCUT2D eigenvalue weighted by molar-refractivity contribution is -0.124. The number of hydrogen-bond acceptors (Lipinski definition) is 6. The second-order valence-electron chi connectivity index (χ2n) is 10.5. The Labute approximate surface area is 261 Å². The van der Waals surface area contributed by atoms with Crippen molar-refractivity contribution in [3.8, 4) is 5.75 Å². The van der Waals surface area contributed by atoms with E-state index in [1.807, 2.05) is 24.0 Å². The zero-order valence-corrected chi connectivity index (χ0v) is 25.6. The van der Waals surface area contributed by atoms with E-state index in [0.717, 1.165) is 50.6 Å². The van der Waals surface area contributed by atoms with Crippen LogP contribution in [0.3, 0.4) is 0 Å². The van der Waals surface area contributed by atoms with E-state index in [0.29, 0.717) is 34.7 Å². The molecule has 2 aliphatic rings. The molecular weight excluding hydrogens is 589 g/mol. The van der Waals surface area contributed by atoms with Gasteiger partial charge in [0.1, 0.15) is 17.6 Å². The number of anilines is 3. The number of thiocarbonyl (C=S) groups is 1. The number of carbonyl (C=O) groups excluding carboxylic acids is 2. The first-order valence-electron chi connectivity index (χ1n) is 14.5. The largest absolute Gasteiger partial charge is 0.494 e. The summed E-state index contributed by atoms with van der Waals surface area (Å²) in [7, 11) is 0. The number of hydrogen-bond donors (Lipinski definition) is 1. The highest BCUT2D eigenvalue weighted by molar-refractivity contribution is 7.80. The molecule has 0 aromatic heterocycles. The molecule has 0 spiro atoms. The van der Waals surface area contributed by atoms with E-state index in [4.69, 9.17) is 28.6 Å². The third-order valence-electron chi connectivity index (χ3n) is 7.67. The smallest absolute Gasteiger partial charge is 0.256 e. The fraction of sp³-hybridized carbons (Fsp3) is 0.344. The van der Waals surface area contributed by atoms with E-state index in [1.165, 1.54) is 17.0 Å². The fourth-order valence-corrected chi connectivity index (χ4v) is 5.99. The monoisotopic (exact) mass is 623 g/mol. The van der Waals surface area contributed by atoms with Crippen molar-refractivity contribution < 1.29 is 18.7 Å². The summed E-state index contributed by atoms with van der Waals surface area (Å²) >= 11 is 11.9. The van der Waals surface area contributed by atoms with Gasteiger partial charge in [-0.05, 0) is 105 Å². The molecular formula is C32H35ClFN5O3S. The maximum absolute atomic E-state index is 13.7. The standard InChI is InChI=1S/C32H35ClFN5O3S/c1-2-42-28-14-8-25(9-15-28)35-30(40)22-29-31(41)39(27-10-4-23(33)5-11-27)32(43)38(29)17-3-16-36-18-20-37(21-19-36)26-12-6-24(34)7-13-26/h4-15,29H,2-3,16-22H2,1H3,(H,35,40)/t29-/m0/s1. The van der Waals surface area contributed by atoms with E-state index < -0.39 is 6.04 Å². The van der Waals surface area contributed by atoms with Crippen molar-refractivity contribution >= 4 is 57.8 Å². The summed E-state index contributed by atoms with van der Waals surface area (Å²) in [6.07, 6.45) is 0.738. The van der Waals surface area contributed by atoms with Gasteiger partial charge in [0, 0.05) is 49.1 Å². The van der Waals surface area contributed by atoms with Gasteiger partial charge in [0.05, 0.1) is 18.7 Å². The van der Waals surface area contributed by atoms with E-state index in [2.05, 4.69) is 15.1 Å². The molecule has 8 nitrogen and oxygen atoms in total. The molecule has 0 aliphatic carbocycles. The minimum Gasteiger partial charge on any atom is -0.494 e. The summed E-state index contributed by atoms with van der Waals surface area (Å²) in [5.74, 6) is -0.0204. The van der Waals surface area contributed by atoms with Gasteiger partial charge in [0.15, 0.2) is 5.11 Å². The number of nitrogens with one attached hydrogen (secondary N) is 1. The van der Waals surface area contributed by atoms with Crippen LogP contribution < -0.4 is 19.9 Å². The minimum absolute atomic E-state index is 0.0351. The molecule has 3 aromatic rings. The summed E-state index contributed by atoms with van der Waals surface area (Å²) in [5, 5.41) is 3.84. The van der Waals surface area contributed by atoms with Crippen LogP contribution in [0.5, 0.6) is 5.75 Å². The van der Waals surface area contributed by atoms with Crippen LogP contribution in [0, 0.1) is 5.82 Å². The average Bonchev–Trinajstić information content (AvgIpc) is 3.23. The second-order valence-corrected chi connectivity index (χ2v) is 11.3. The Morgan fingerprint density at radius 2 is 1.60 bits per heavy atom. The fourth-order valence-electron chi connectivity index (χ4n) is 5.45. The summed E-state index contributed by atoms with van der Waals surface area (Å²) in [5.41, 5.74) is 2.27. The molecule has 0 unspecified atom stereocenters. The molecule has 1 N–H and O–H groups in total. The quantitative estimate of drug-likeness (QED) is 0.286. The molecule has 0 radical (unpaired) electrons. The molecule has 11 heteroatoms. The highest BCUT2D eigenvalue weighted by Gasteiger charge is 2.44. The first-order chi connectivity index (χ1) is 20.8. The molecule has 0 saturated carbocycles. The predicted molar refractivity (Wildman–Crippen MR) is 173 cm³/mol. The Balaban J connectivity index is 1.21. The molecule has 3 aromatic carbocycles. The van der Waals surface area contributed by atoms with Crippen molar-refractivity contribution in [2.45, 2.75) is 25.8 Å². The molecule has 43 heavy (non-hydrogen) atoms. The van der Waals surface area contributed by atoms with E-state index >= 15 is 0 Å². The zero-order chi connectivity index (χ0) is 30.3. The van der Waals surface area contributed by atoms with Crippen LogP contribution in [0.4, 0.5) is 21.5 Å². The number of amides is 2. The summed E-state index contributed by atoms with van der Waals surface area (Å²) < 4.78 is 18.8. The van der Waals surface area contributed by atoms with E-state index in [-0.39, 0.29) is 24.1 Å². The number of benzene rings is 3. The maximum atomic E-state index is 13.7. The van der Waals surface area contributed by atoms with Crippen molar-refractivity contribution in [1.29, 1.82) is 0 Å². The van der Waals surface area contributed by atoms with Gasteiger partial charge >= 0.3 is 0 Å². The first kappa shape index (κ1) is 30.7. The van der Waals surface area contributed by atoms with Crippen molar-refractivity contribution in [1.82, 2.24) is 9.80 Å². The van der Waals surface area contributed by atoms with Crippen molar-refractivity contribution in [3.63, 3.8) is 0 Å².